The van der Waals surface area contributed by atoms with Crippen molar-refractivity contribution in [1.29, 1.82) is 0 Å². The summed E-state index contributed by atoms with van der Waals surface area (Å²) in [5.41, 5.74) is 4.60. The fraction of sp³-hybridized carbons (Fsp3) is 0.370. The Morgan fingerprint density at radius 1 is 1.14 bits per heavy atom. The van der Waals surface area contributed by atoms with Gasteiger partial charge in [0.1, 0.15) is 5.75 Å². The molecule has 2 aliphatic rings. The number of rotatable bonds is 7. The van der Waals surface area contributed by atoms with E-state index in [9.17, 15) is 4.79 Å². The maximum Gasteiger partial charge on any atom is 0.322 e. The van der Waals surface area contributed by atoms with E-state index < -0.39 is 6.04 Å². The van der Waals surface area contributed by atoms with Crippen molar-refractivity contribution in [2.45, 2.75) is 45.3 Å². The second-order valence-corrected chi connectivity index (χ2v) is 8.87. The van der Waals surface area contributed by atoms with E-state index in [4.69, 9.17) is 19.0 Å². The molecule has 1 N–H and O–H groups in total. The summed E-state index contributed by atoms with van der Waals surface area (Å²) in [6, 6.07) is 15.2. The minimum Gasteiger partial charge on any atom is -0.497 e. The van der Waals surface area contributed by atoms with E-state index in [1.807, 2.05) is 43.3 Å². The van der Waals surface area contributed by atoms with Crippen molar-refractivity contribution in [3.05, 3.63) is 71.2 Å². The van der Waals surface area contributed by atoms with Gasteiger partial charge < -0.3 is 19.3 Å². The molecule has 8 nitrogen and oxygen atoms in total. The molecule has 0 bridgehead atoms. The molecule has 5 rings (SSSR count). The number of aromatic nitrogens is 2. The van der Waals surface area contributed by atoms with Crippen molar-refractivity contribution in [2.75, 3.05) is 20.3 Å². The van der Waals surface area contributed by atoms with E-state index in [0.29, 0.717) is 18.3 Å². The van der Waals surface area contributed by atoms with Crippen LogP contribution >= 0.6 is 0 Å². The van der Waals surface area contributed by atoms with Crippen LogP contribution in [0.15, 0.2) is 58.8 Å². The van der Waals surface area contributed by atoms with Gasteiger partial charge in [-0.15, -0.1) is 0 Å². The van der Waals surface area contributed by atoms with Crippen molar-refractivity contribution >= 4 is 11.6 Å². The van der Waals surface area contributed by atoms with Crippen LogP contribution in [0.1, 0.15) is 49.7 Å². The molecule has 0 aliphatic carbocycles. The molecule has 0 saturated carbocycles. The van der Waals surface area contributed by atoms with Gasteiger partial charge in [-0.05, 0) is 61.6 Å². The third-order valence-electron chi connectivity index (χ3n) is 6.73. The Kier molecular flexibility index (Phi) is 6.55. The summed E-state index contributed by atoms with van der Waals surface area (Å²) in [6.07, 6.45) is 2.92. The molecule has 0 radical (unpaired) electrons. The van der Waals surface area contributed by atoms with Gasteiger partial charge >= 0.3 is 6.03 Å². The molecule has 182 valence electrons. The Hall–Kier alpha value is -3.65. The Labute approximate surface area is 204 Å². The molecule has 35 heavy (non-hydrogen) atoms. The van der Waals surface area contributed by atoms with E-state index in [1.165, 1.54) is 5.56 Å². The average molecular weight is 475 g/mol. The molecule has 2 aliphatic heterocycles. The Bertz CT molecular complexity index is 1210. The molecule has 0 spiro atoms. The van der Waals surface area contributed by atoms with Gasteiger partial charge in [0.15, 0.2) is 0 Å². The van der Waals surface area contributed by atoms with Crippen molar-refractivity contribution in [1.82, 2.24) is 20.4 Å². The van der Waals surface area contributed by atoms with Gasteiger partial charge in [-0.2, -0.15) is 4.98 Å². The minimum atomic E-state index is -0.404. The van der Waals surface area contributed by atoms with Crippen LogP contribution in [0.5, 0.6) is 5.75 Å². The molecule has 2 amide bonds. The van der Waals surface area contributed by atoms with Crippen LogP contribution < -0.4 is 10.1 Å². The highest BCUT2D eigenvalue weighted by atomic mass is 16.5. The molecular formula is C27H30N4O4. The number of allylic oxidation sites excluding steroid dienone is 1. The lowest BCUT2D eigenvalue weighted by molar-refractivity contribution is 0.0877. The summed E-state index contributed by atoms with van der Waals surface area (Å²) in [6.45, 7) is 5.28. The van der Waals surface area contributed by atoms with Crippen LogP contribution in [0, 0.1) is 0 Å². The van der Waals surface area contributed by atoms with Gasteiger partial charge in [0.2, 0.25) is 5.82 Å². The second-order valence-electron chi connectivity index (χ2n) is 8.87. The normalized spacial score (nSPS) is 20.3. The first-order valence-electron chi connectivity index (χ1n) is 12.0. The van der Waals surface area contributed by atoms with Crippen LogP contribution in [-0.2, 0) is 11.2 Å². The van der Waals surface area contributed by atoms with E-state index in [1.54, 1.807) is 12.0 Å². The summed E-state index contributed by atoms with van der Waals surface area (Å²) in [7, 11) is 1.63. The number of carbonyl (C=O) groups is 1. The number of ether oxygens (including phenoxy) is 2. The number of aryl methyl sites for hydroxylation is 1. The summed E-state index contributed by atoms with van der Waals surface area (Å²) < 4.78 is 16.8. The Morgan fingerprint density at radius 2 is 1.91 bits per heavy atom. The molecule has 3 aromatic rings. The Balaban J connectivity index is 1.54. The number of methoxy groups -OCH3 is 1. The predicted octanol–water partition coefficient (Wildman–Crippen LogP) is 4.98. The number of carbonyl (C=O) groups excluding carboxylic acids is 1. The highest BCUT2D eigenvalue weighted by molar-refractivity contribution is 5.87. The third-order valence-corrected chi connectivity index (χ3v) is 6.73. The molecule has 1 aromatic heterocycles. The second kappa shape index (κ2) is 9.92. The topological polar surface area (TPSA) is 89.7 Å². The largest absolute Gasteiger partial charge is 0.497 e. The van der Waals surface area contributed by atoms with Gasteiger partial charge in [-0.25, -0.2) is 4.79 Å². The monoisotopic (exact) mass is 474 g/mol. The first-order chi connectivity index (χ1) is 17.1. The van der Waals surface area contributed by atoms with Gasteiger partial charge in [-0.1, -0.05) is 36.3 Å². The average Bonchev–Trinajstić information content (AvgIpc) is 3.59. The van der Waals surface area contributed by atoms with E-state index in [0.717, 1.165) is 54.0 Å². The third kappa shape index (κ3) is 4.66. The van der Waals surface area contributed by atoms with Gasteiger partial charge in [0.25, 0.3) is 5.89 Å². The number of nitrogens with zero attached hydrogens (tertiary/aromatic N) is 3. The van der Waals surface area contributed by atoms with Crippen LogP contribution in [0.25, 0.3) is 17.0 Å². The highest BCUT2D eigenvalue weighted by Crippen LogP contribution is 2.38. The van der Waals surface area contributed by atoms with Gasteiger partial charge in [0, 0.05) is 17.9 Å². The number of hydrogen-bond donors (Lipinski definition) is 1. The number of urea groups is 1. The van der Waals surface area contributed by atoms with Crippen molar-refractivity contribution in [3.63, 3.8) is 0 Å². The smallest absolute Gasteiger partial charge is 0.322 e. The van der Waals surface area contributed by atoms with Gasteiger partial charge in [0.05, 0.1) is 31.4 Å². The molecule has 2 atom stereocenters. The lowest BCUT2D eigenvalue weighted by Gasteiger charge is -2.36. The zero-order valence-electron chi connectivity index (χ0n) is 20.3. The van der Waals surface area contributed by atoms with Crippen molar-refractivity contribution < 1.29 is 18.8 Å². The van der Waals surface area contributed by atoms with E-state index in [-0.39, 0.29) is 12.1 Å². The fourth-order valence-corrected chi connectivity index (χ4v) is 4.66. The summed E-state index contributed by atoms with van der Waals surface area (Å²) in [5.74, 6) is 1.62. The zero-order valence-corrected chi connectivity index (χ0v) is 20.3. The van der Waals surface area contributed by atoms with Crippen LogP contribution in [0.3, 0.4) is 0 Å². The van der Waals surface area contributed by atoms with E-state index in [2.05, 4.69) is 29.5 Å². The maximum absolute atomic E-state index is 13.2. The standard InChI is InChI=1S/C27H30N4O4/c1-4-18-7-9-19(10-8-18)24-23(17(2)31(27(32)28-24)16-22-6-5-15-34-22)26-29-25(30-35-26)20-11-13-21(33-3)14-12-20/h7-14,22,24H,4-6,15-16H2,1-3H3,(H,28,32). The quantitative estimate of drug-likeness (QED) is 0.519. The molecule has 3 heterocycles. The first-order valence-corrected chi connectivity index (χ1v) is 12.0. The highest BCUT2D eigenvalue weighted by Gasteiger charge is 2.37. The van der Waals surface area contributed by atoms with Crippen LogP contribution in [0.2, 0.25) is 0 Å². The molecule has 1 fully saturated rings. The SMILES string of the molecule is CCc1ccc(C2NC(=O)N(CC3CCCO3)C(C)=C2c2nc(-c3ccc(OC)cc3)no2)cc1. The predicted molar refractivity (Wildman–Crippen MR) is 132 cm³/mol. The molecule has 1 saturated heterocycles. The first kappa shape index (κ1) is 23.1. The van der Waals surface area contributed by atoms with Gasteiger partial charge in [-0.3, -0.25) is 4.90 Å². The fourth-order valence-electron chi connectivity index (χ4n) is 4.66. The number of nitrogens with one attached hydrogen (secondary N) is 1. The molecule has 2 aromatic carbocycles. The lowest BCUT2D eigenvalue weighted by Crippen LogP contribution is -2.48. The number of hydrogen-bond acceptors (Lipinski definition) is 6. The zero-order chi connectivity index (χ0) is 24.4. The lowest BCUT2D eigenvalue weighted by atomic mass is 9.93. The summed E-state index contributed by atoms with van der Waals surface area (Å²) in [4.78, 5) is 19.7. The van der Waals surface area contributed by atoms with E-state index >= 15 is 0 Å². The summed E-state index contributed by atoms with van der Waals surface area (Å²) in [5, 5.41) is 7.40. The molecule has 2 unspecified atom stereocenters. The summed E-state index contributed by atoms with van der Waals surface area (Å²) >= 11 is 0. The van der Waals surface area contributed by atoms with Crippen molar-refractivity contribution in [3.8, 4) is 17.1 Å². The van der Waals surface area contributed by atoms with Crippen LogP contribution in [0.4, 0.5) is 4.79 Å². The Morgan fingerprint density at radius 3 is 2.57 bits per heavy atom. The van der Waals surface area contributed by atoms with Crippen LogP contribution in [-0.4, -0.2) is 47.4 Å². The van der Waals surface area contributed by atoms with Crippen molar-refractivity contribution in [2.24, 2.45) is 0 Å². The number of amides is 2. The maximum atomic E-state index is 13.2. The molecular weight excluding hydrogens is 444 g/mol. The molecule has 8 heteroatoms. The minimum absolute atomic E-state index is 0.0230. The number of benzene rings is 2.